The van der Waals surface area contributed by atoms with E-state index in [1.807, 2.05) is 6.92 Å². The van der Waals surface area contributed by atoms with Gasteiger partial charge in [-0.25, -0.2) is 4.39 Å². The Labute approximate surface area is 130 Å². The minimum absolute atomic E-state index is 0.260. The molecule has 2 unspecified atom stereocenters. The van der Waals surface area contributed by atoms with E-state index in [1.165, 1.54) is 12.1 Å². The molecule has 5 heteroatoms. The molecular weight excluding hydrogens is 293 g/mol. The molecule has 0 heterocycles. The Morgan fingerprint density at radius 3 is 2.76 bits per heavy atom. The fourth-order valence-electron chi connectivity index (χ4n) is 3.04. The van der Waals surface area contributed by atoms with Crippen molar-refractivity contribution in [3.63, 3.8) is 0 Å². The van der Waals surface area contributed by atoms with Gasteiger partial charge in [0.1, 0.15) is 5.82 Å². The van der Waals surface area contributed by atoms with Gasteiger partial charge in [-0.3, -0.25) is 0 Å². The Kier molecular flexibility index (Phi) is 5.99. The van der Waals surface area contributed by atoms with E-state index in [2.05, 4.69) is 0 Å². The Bertz CT molecular complexity index is 466. The molecular formula is C16H23ClFNO2. The minimum Gasteiger partial charge on any atom is -0.392 e. The van der Waals surface area contributed by atoms with E-state index in [1.54, 1.807) is 6.07 Å². The zero-order valence-electron chi connectivity index (χ0n) is 12.3. The fourth-order valence-corrected chi connectivity index (χ4v) is 3.35. The van der Waals surface area contributed by atoms with Gasteiger partial charge in [0, 0.05) is 24.1 Å². The van der Waals surface area contributed by atoms with Crippen molar-refractivity contribution in [3.8, 4) is 0 Å². The molecule has 0 spiro atoms. The summed E-state index contributed by atoms with van der Waals surface area (Å²) in [6.07, 6.45) is 2.42. The molecule has 0 aliphatic heterocycles. The molecule has 2 rings (SSSR count). The molecule has 0 bridgehead atoms. The van der Waals surface area contributed by atoms with Crippen molar-refractivity contribution in [3.05, 3.63) is 34.6 Å². The lowest BCUT2D eigenvalue weighted by Crippen LogP contribution is -2.36. The number of rotatable bonds is 7. The van der Waals surface area contributed by atoms with Gasteiger partial charge in [-0.15, -0.1) is 0 Å². The van der Waals surface area contributed by atoms with Gasteiger partial charge >= 0.3 is 0 Å². The maximum absolute atomic E-state index is 13.1. The Morgan fingerprint density at radius 2 is 2.19 bits per heavy atom. The van der Waals surface area contributed by atoms with Gasteiger partial charge in [0.05, 0.1) is 12.2 Å². The van der Waals surface area contributed by atoms with E-state index in [0.29, 0.717) is 29.0 Å². The molecule has 1 aliphatic carbocycles. The molecule has 118 valence electrons. The number of hydrogen-bond donors (Lipinski definition) is 2. The van der Waals surface area contributed by atoms with Crippen molar-refractivity contribution >= 4 is 11.6 Å². The van der Waals surface area contributed by atoms with Gasteiger partial charge in [0.15, 0.2) is 0 Å². The highest BCUT2D eigenvalue weighted by Crippen LogP contribution is 2.37. The normalized spacial score (nSPS) is 24.4. The topological polar surface area (TPSA) is 55.5 Å². The number of nitrogens with two attached hydrogens (primary N) is 1. The summed E-state index contributed by atoms with van der Waals surface area (Å²) in [7, 11) is 0. The van der Waals surface area contributed by atoms with E-state index in [4.69, 9.17) is 22.1 Å². The van der Waals surface area contributed by atoms with Crippen LogP contribution in [0.15, 0.2) is 18.2 Å². The second-order valence-corrected chi connectivity index (χ2v) is 6.13. The summed E-state index contributed by atoms with van der Waals surface area (Å²) in [6.45, 7) is 3.01. The zero-order valence-corrected chi connectivity index (χ0v) is 13.0. The molecule has 1 fully saturated rings. The van der Waals surface area contributed by atoms with Crippen molar-refractivity contribution < 1.29 is 14.2 Å². The molecule has 0 saturated heterocycles. The average molecular weight is 316 g/mol. The molecule has 0 radical (unpaired) electrons. The molecule has 1 aromatic rings. The number of aliphatic hydroxyl groups is 1. The van der Waals surface area contributed by atoms with Crippen LogP contribution >= 0.6 is 11.6 Å². The summed E-state index contributed by atoms with van der Waals surface area (Å²) in [5, 5.41) is 10.8. The maximum atomic E-state index is 13.1. The number of hydrogen-bond acceptors (Lipinski definition) is 3. The van der Waals surface area contributed by atoms with Crippen molar-refractivity contribution in [1.82, 2.24) is 0 Å². The van der Waals surface area contributed by atoms with E-state index in [9.17, 15) is 9.50 Å². The smallest absolute Gasteiger partial charge is 0.124 e. The molecule has 3 nitrogen and oxygen atoms in total. The summed E-state index contributed by atoms with van der Waals surface area (Å²) in [6, 6.07) is 4.23. The van der Waals surface area contributed by atoms with Crippen molar-refractivity contribution in [2.45, 2.75) is 44.3 Å². The SMILES string of the molecule is CCOC1CC(CC(O)C(CN)c2ccc(F)cc2Cl)C1. The van der Waals surface area contributed by atoms with Gasteiger partial charge in [-0.1, -0.05) is 17.7 Å². The van der Waals surface area contributed by atoms with E-state index in [-0.39, 0.29) is 18.3 Å². The van der Waals surface area contributed by atoms with Crippen LogP contribution in [-0.4, -0.2) is 30.5 Å². The third kappa shape index (κ3) is 4.16. The first-order valence-corrected chi connectivity index (χ1v) is 7.87. The second kappa shape index (κ2) is 7.54. The molecule has 1 saturated carbocycles. The van der Waals surface area contributed by atoms with Gasteiger partial charge < -0.3 is 15.6 Å². The first-order chi connectivity index (χ1) is 10.0. The van der Waals surface area contributed by atoms with E-state index in [0.717, 1.165) is 19.4 Å². The maximum Gasteiger partial charge on any atom is 0.124 e. The number of benzene rings is 1. The molecule has 0 aromatic heterocycles. The van der Waals surface area contributed by atoms with Crippen LogP contribution < -0.4 is 5.73 Å². The molecule has 1 aliphatic rings. The molecule has 21 heavy (non-hydrogen) atoms. The van der Waals surface area contributed by atoms with Crippen LogP contribution in [0.4, 0.5) is 4.39 Å². The van der Waals surface area contributed by atoms with Crippen LogP contribution in [0.1, 0.15) is 37.7 Å². The largest absolute Gasteiger partial charge is 0.392 e. The number of halogens is 2. The highest BCUT2D eigenvalue weighted by atomic mass is 35.5. The molecule has 3 N–H and O–H groups in total. The highest BCUT2D eigenvalue weighted by molar-refractivity contribution is 6.31. The third-order valence-electron chi connectivity index (χ3n) is 4.25. The fraction of sp³-hybridized carbons (Fsp3) is 0.625. The summed E-state index contributed by atoms with van der Waals surface area (Å²) in [5.74, 6) is -0.179. The zero-order chi connectivity index (χ0) is 15.4. The van der Waals surface area contributed by atoms with Gasteiger partial charge in [-0.2, -0.15) is 0 Å². The van der Waals surface area contributed by atoms with Crippen LogP contribution in [0.5, 0.6) is 0 Å². The van der Waals surface area contributed by atoms with Crippen LogP contribution in [0.2, 0.25) is 5.02 Å². The van der Waals surface area contributed by atoms with Gasteiger partial charge in [-0.05, 0) is 49.8 Å². The van der Waals surface area contributed by atoms with E-state index < -0.39 is 6.10 Å². The van der Waals surface area contributed by atoms with Crippen molar-refractivity contribution in [2.24, 2.45) is 11.7 Å². The Hall–Kier alpha value is -0.680. The first-order valence-electron chi connectivity index (χ1n) is 7.49. The Morgan fingerprint density at radius 1 is 1.48 bits per heavy atom. The second-order valence-electron chi connectivity index (χ2n) is 5.73. The minimum atomic E-state index is -0.564. The summed E-state index contributed by atoms with van der Waals surface area (Å²) < 4.78 is 18.6. The van der Waals surface area contributed by atoms with Gasteiger partial charge in [0.25, 0.3) is 0 Å². The summed E-state index contributed by atoms with van der Waals surface area (Å²) in [4.78, 5) is 0. The highest BCUT2D eigenvalue weighted by Gasteiger charge is 2.33. The lowest BCUT2D eigenvalue weighted by atomic mass is 9.76. The first kappa shape index (κ1) is 16.7. The quantitative estimate of drug-likeness (QED) is 0.813. The summed E-state index contributed by atoms with van der Waals surface area (Å²) in [5.41, 5.74) is 6.50. The van der Waals surface area contributed by atoms with Gasteiger partial charge in [0.2, 0.25) is 0 Å². The van der Waals surface area contributed by atoms with Crippen LogP contribution in [-0.2, 0) is 4.74 Å². The Balaban J connectivity index is 1.94. The predicted octanol–water partition coefficient (Wildman–Crippen LogP) is 3.09. The molecule has 2 atom stereocenters. The van der Waals surface area contributed by atoms with Crippen LogP contribution in [0.3, 0.4) is 0 Å². The monoisotopic (exact) mass is 315 g/mol. The summed E-state index contributed by atoms with van der Waals surface area (Å²) >= 11 is 6.07. The van der Waals surface area contributed by atoms with Crippen molar-refractivity contribution in [2.75, 3.05) is 13.2 Å². The van der Waals surface area contributed by atoms with Crippen LogP contribution in [0.25, 0.3) is 0 Å². The average Bonchev–Trinajstić information content (AvgIpc) is 2.39. The lowest BCUT2D eigenvalue weighted by molar-refractivity contribution is -0.0398. The number of ether oxygens (including phenoxy) is 1. The van der Waals surface area contributed by atoms with Crippen molar-refractivity contribution in [1.29, 1.82) is 0 Å². The number of aliphatic hydroxyl groups excluding tert-OH is 1. The lowest BCUT2D eigenvalue weighted by Gasteiger charge is -2.37. The van der Waals surface area contributed by atoms with Crippen LogP contribution in [0, 0.1) is 11.7 Å². The standard InChI is InChI=1S/C16H23ClFNO2/c1-2-21-12-5-10(6-12)7-16(20)14(9-19)13-4-3-11(18)8-15(13)17/h3-4,8,10,12,14,16,20H,2,5-7,9,19H2,1H3. The molecule has 0 amide bonds. The molecule has 1 aromatic carbocycles. The predicted molar refractivity (Wildman–Crippen MR) is 82.0 cm³/mol. The third-order valence-corrected chi connectivity index (χ3v) is 4.58. The van der Waals surface area contributed by atoms with E-state index >= 15 is 0 Å².